The van der Waals surface area contributed by atoms with Gasteiger partial charge in [0.1, 0.15) is 46.9 Å². The van der Waals surface area contributed by atoms with Crippen LogP contribution >= 0.6 is 0 Å². The standard InChI is InChI=1S/C24H24O12/c1-9(26)18-13(28)7-14-11(19(18)29)6-16(23(34-14)10-3-4-12(27)15(5-10)33-2)35-24-22(32)21(31)20(30)17(8-25)36-24/h3-7,17,20-22,24-25,30-32H,8H2,1-2H3,(H2-,26,27,28,29)/p+1/t17-,20-,21+,22-,24-/m0/s1. The van der Waals surface area contributed by atoms with E-state index in [0.29, 0.717) is 5.56 Å². The van der Waals surface area contributed by atoms with Crippen LogP contribution in [0.2, 0.25) is 0 Å². The number of Topliss-reactive ketones (excluding diaryl/α,β-unsaturated/α-hetero) is 1. The van der Waals surface area contributed by atoms with E-state index in [0.717, 1.165) is 13.0 Å². The van der Waals surface area contributed by atoms with Gasteiger partial charge in [-0.05, 0) is 19.1 Å². The third-order valence-electron chi connectivity index (χ3n) is 5.88. The highest BCUT2D eigenvalue weighted by Crippen LogP contribution is 2.44. The zero-order valence-corrected chi connectivity index (χ0v) is 19.2. The van der Waals surface area contributed by atoms with Crippen LogP contribution in [-0.4, -0.2) is 86.0 Å². The highest BCUT2D eigenvalue weighted by atomic mass is 16.7. The Hall–Kier alpha value is -3.68. The van der Waals surface area contributed by atoms with Crippen LogP contribution in [0.5, 0.6) is 28.7 Å². The molecule has 36 heavy (non-hydrogen) atoms. The third kappa shape index (κ3) is 4.36. The van der Waals surface area contributed by atoms with E-state index < -0.39 is 54.6 Å². The maximum Gasteiger partial charge on any atom is 0.402 e. The number of carbonyl (C=O) groups excluding carboxylic acids is 1. The first kappa shape index (κ1) is 25.4. The molecular formula is C24H25O12+. The van der Waals surface area contributed by atoms with E-state index in [1.54, 1.807) is 0 Å². The summed E-state index contributed by atoms with van der Waals surface area (Å²) in [4.78, 5) is 12.0. The van der Waals surface area contributed by atoms with Crippen molar-refractivity contribution in [1.82, 2.24) is 0 Å². The van der Waals surface area contributed by atoms with Gasteiger partial charge in [0.05, 0.1) is 25.3 Å². The van der Waals surface area contributed by atoms with Crippen molar-refractivity contribution in [1.29, 1.82) is 0 Å². The van der Waals surface area contributed by atoms with Crippen molar-refractivity contribution in [2.75, 3.05) is 13.7 Å². The molecule has 0 unspecified atom stereocenters. The molecule has 2 aromatic carbocycles. The van der Waals surface area contributed by atoms with Gasteiger partial charge in [-0.25, -0.2) is 4.42 Å². The molecule has 0 aliphatic carbocycles. The largest absolute Gasteiger partial charge is 0.507 e. The molecular weight excluding hydrogens is 480 g/mol. The van der Waals surface area contributed by atoms with E-state index in [1.165, 1.54) is 31.4 Å². The normalized spacial score (nSPS) is 24.0. The average molecular weight is 505 g/mol. The first-order valence-corrected chi connectivity index (χ1v) is 10.8. The van der Waals surface area contributed by atoms with Gasteiger partial charge in [-0.2, -0.15) is 0 Å². The monoisotopic (exact) mass is 505 g/mol. The van der Waals surface area contributed by atoms with Crippen molar-refractivity contribution >= 4 is 16.8 Å². The molecule has 1 fully saturated rings. The van der Waals surface area contributed by atoms with Gasteiger partial charge in [0.2, 0.25) is 12.0 Å². The second kappa shape index (κ2) is 9.76. The Morgan fingerprint density at radius 1 is 1.00 bits per heavy atom. The lowest BCUT2D eigenvalue weighted by Crippen LogP contribution is -2.60. The van der Waals surface area contributed by atoms with Gasteiger partial charge >= 0.3 is 11.3 Å². The van der Waals surface area contributed by atoms with Gasteiger partial charge < -0.3 is 50.0 Å². The number of aromatic hydroxyl groups is 3. The Labute approximate surface area is 203 Å². The Morgan fingerprint density at radius 2 is 1.72 bits per heavy atom. The van der Waals surface area contributed by atoms with Gasteiger partial charge in [-0.1, -0.05) is 0 Å². The average Bonchev–Trinajstić information content (AvgIpc) is 2.84. The van der Waals surface area contributed by atoms with Crippen LogP contribution in [0.25, 0.3) is 22.3 Å². The second-order valence-electron chi connectivity index (χ2n) is 8.23. The molecule has 1 aliphatic rings. The minimum absolute atomic E-state index is 0.0351. The lowest BCUT2D eigenvalue weighted by molar-refractivity contribution is -0.277. The molecule has 12 nitrogen and oxygen atoms in total. The van der Waals surface area contributed by atoms with E-state index in [1.807, 2.05) is 0 Å². The summed E-state index contributed by atoms with van der Waals surface area (Å²) < 4.78 is 22.2. The number of hydrogen-bond donors (Lipinski definition) is 7. The molecule has 0 spiro atoms. The van der Waals surface area contributed by atoms with E-state index in [9.17, 15) is 40.5 Å². The molecule has 3 aromatic rings. The van der Waals surface area contributed by atoms with Crippen LogP contribution in [0.15, 0.2) is 34.7 Å². The second-order valence-corrected chi connectivity index (χ2v) is 8.23. The molecule has 5 atom stereocenters. The smallest absolute Gasteiger partial charge is 0.402 e. The minimum atomic E-state index is -1.75. The summed E-state index contributed by atoms with van der Waals surface area (Å²) in [7, 11) is 1.33. The quantitative estimate of drug-likeness (QED) is 0.185. The summed E-state index contributed by atoms with van der Waals surface area (Å²) in [6.07, 6.45) is -7.93. The number of rotatable bonds is 6. The zero-order valence-electron chi connectivity index (χ0n) is 19.2. The summed E-state index contributed by atoms with van der Waals surface area (Å²) in [5.41, 5.74) is -0.102. The molecule has 0 radical (unpaired) electrons. The number of phenolic OH excluding ortho intramolecular Hbond substituents is 3. The van der Waals surface area contributed by atoms with Crippen molar-refractivity contribution in [2.45, 2.75) is 37.6 Å². The number of aliphatic hydroxyl groups excluding tert-OH is 4. The lowest BCUT2D eigenvalue weighted by atomic mass is 9.99. The Morgan fingerprint density at radius 3 is 2.36 bits per heavy atom. The van der Waals surface area contributed by atoms with Crippen LogP contribution in [0.4, 0.5) is 0 Å². The highest BCUT2D eigenvalue weighted by molar-refractivity contribution is 6.05. The predicted octanol–water partition coefficient (Wildman–Crippen LogP) is 0.888. The first-order valence-electron chi connectivity index (χ1n) is 10.8. The van der Waals surface area contributed by atoms with Crippen molar-refractivity contribution < 1.29 is 59.2 Å². The number of ketones is 1. The van der Waals surface area contributed by atoms with Crippen molar-refractivity contribution in [3.8, 4) is 40.1 Å². The molecule has 1 aliphatic heterocycles. The topological polar surface area (TPSA) is 198 Å². The number of carbonyl (C=O) groups is 1. The SMILES string of the molecule is COc1cc(-c2[o+]c3cc(O)c(C(C)=O)c(O)c3cc2O[C@H]2O[C@@H](CO)[C@H](O)[C@@H](O)[C@@H]2O)ccc1O. The number of fused-ring (bicyclic) bond motifs is 1. The van der Waals surface area contributed by atoms with Gasteiger partial charge in [-0.3, -0.25) is 4.79 Å². The van der Waals surface area contributed by atoms with E-state index in [-0.39, 0.29) is 39.5 Å². The molecule has 0 bridgehead atoms. The van der Waals surface area contributed by atoms with Gasteiger partial charge in [0.25, 0.3) is 0 Å². The highest BCUT2D eigenvalue weighted by Gasteiger charge is 2.45. The number of ether oxygens (including phenoxy) is 3. The van der Waals surface area contributed by atoms with Crippen LogP contribution in [-0.2, 0) is 4.74 Å². The summed E-state index contributed by atoms with van der Waals surface area (Å²) in [6, 6.07) is 6.57. The molecule has 192 valence electrons. The fourth-order valence-electron chi connectivity index (χ4n) is 3.97. The van der Waals surface area contributed by atoms with Crippen LogP contribution in [0.1, 0.15) is 17.3 Å². The van der Waals surface area contributed by atoms with Crippen LogP contribution in [0, 0.1) is 0 Å². The zero-order chi connectivity index (χ0) is 26.3. The molecule has 2 heterocycles. The number of methoxy groups -OCH3 is 1. The molecule has 7 N–H and O–H groups in total. The van der Waals surface area contributed by atoms with Crippen molar-refractivity contribution in [2.24, 2.45) is 0 Å². The Balaban J connectivity index is 1.91. The number of phenols is 3. The number of hydrogen-bond acceptors (Lipinski definition) is 11. The number of benzene rings is 2. The van der Waals surface area contributed by atoms with Gasteiger partial charge in [0, 0.05) is 12.1 Å². The van der Waals surface area contributed by atoms with Crippen molar-refractivity contribution in [3.63, 3.8) is 0 Å². The molecule has 1 aromatic heterocycles. The van der Waals surface area contributed by atoms with Crippen LogP contribution < -0.4 is 9.47 Å². The minimum Gasteiger partial charge on any atom is -0.507 e. The van der Waals surface area contributed by atoms with Gasteiger partial charge in [-0.15, -0.1) is 0 Å². The summed E-state index contributed by atoms with van der Waals surface area (Å²) in [5.74, 6) is -2.00. The molecule has 0 amide bonds. The predicted molar refractivity (Wildman–Crippen MR) is 122 cm³/mol. The fourth-order valence-corrected chi connectivity index (χ4v) is 3.97. The summed E-state index contributed by atoms with van der Waals surface area (Å²) in [5, 5.41) is 71.0. The molecule has 1 saturated heterocycles. The third-order valence-corrected chi connectivity index (χ3v) is 5.88. The maximum atomic E-state index is 12.0. The lowest BCUT2D eigenvalue weighted by Gasteiger charge is -2.39. The molecule has 4 rings (SSSR count). The molecule has 12 heteroatoms. The van der Waals surface area contributed by atoms with Crippen molar-refractivity contribution in [3.05, 3.63) is 35.9 Å². The number of aliphatic hydroxyl groups is 4. The summed E-state index contributed by atoms with van der Waals surface area (Å²) >= 11 is 0. The summed E-state index contributed by atoms with van der Waals surface area (Å²) in [6.45, 7) is 0.469. The Bertz CT molecular complexity index is 1300. The fraction of sp³-hybridized carbons (Fsp3) is 0.333. The van der Waals surface area contributed by atoms with E-state index >= 15 is 0 Å². The maximum absolute atomic E-state index is 12.0. The van der Waals surface area contributed by atoms with Crippen LogP contribution in [0.3, 0.4) is 0 Å². The first-order chi connectivity index (χ1) is 17.1. The van der Waals surface area contributed by atoms with E-state index in [2.05, 4.69) is 0 Å². The molecule has 0 saturated carbocycles. The van der Waals surface area contributed by atoms with Gasteiger partial charge in [0.15, 0.2) is 17.3 Å². The van der Waals surface area contributed by atoms with E-state index in [4.69, 9.17) is 18.6 Å². The Kier molecular flexibility index (Phi) is 6.89.